The van der Waals surface area contributed by atoms with Gasteiger partial charge in [0.25, 0.3) is 0 Å². The van der Waals surface area contributed by atoms with Crippen LogP contribution >= 0.6 is 0 Å². The van der Waals surface area contributed by atoms with Gasteiger partial charge in [-0.05, 0) is 32.1 Å². The van der Waals surface area contributed by atoms with Crippen LogP contribution in [0.3, 0.4) is 0 Å². The highest BCUT2D eigenvalue weighted by Crippen LogP contribution is 2.17. The van der Waals surface area contributed by atoms with E-state index in [0.717, 1.165) is 38.5 Å². The average Bonchev–Trinajstić information content (AvgIpc) is 3.31. The molecule has 0 spiro atoms. The summed E-state index contributed by atoms with van der Waals surface area (Å²) in [5.74, 6) is -0.0637. The first-order chi connectivity index (χ1) is 32.0. The number of amides is 1. The van der Waals surface area contributed by atoms with Crippen LogP contribution in [-0.4, -0.2) is 47.4 Å². The minimum atomic E-state index is -0.847. The van der Waals surface area contributed by atoms with Crippen molar-refractivity contribution in [2.75, 3.05) is 13.2 Å². The van der Waals surface area contributed by atoms with Gasteiger partial charge >= 0.3 is 5.97 Å². The minimum Gasteiger partial charge on any atom is -0.466 e. The van der Waals surface area contributed by atoms with E-state index in [9.17, 15) is 19.8 Å². The number of hydrogen-bond donors (Lipinski definition) is 3. The molecule has 0 aromatic carbocycles. The van der Waals surface area contributed by atoms with Crippen LogP contribution in [0.4, 0.5) is 0 Å². The van der Waals surface area contributed by atoms with E-state index in [-0.39, 0.29) is 18.5 Å². The molecule has 0 rings (SSSR count). The van der Waals surface area contributed by atoms with Crippen LogP contribution in [0.15, 0.2) is 12.2 Å². The predicted octanol–water partition coefficient (Wildman–Crippen LogP) is 18.1. The van der Waals surface area contributed by atoms with Crippen LogP contribution < -0.4 is 5.32 Å². The van der Waals surface area contributed by atoms with E-state index in [2.05, 4.69) is 19.2 Å². The highest BCUT2D eigenvalue weighted by Gasteiger charge is 2.18. The maximum atomic E-state index is 12.5. The van der Waals surface area contributed by atoms with Crippen LogP contribution in [0.5, 0.6) is 0 Å². The number of ether oxygens (including phenoxy) is 1. The van der Waals surface area contributed by atoms with Crippen LogP contribution in [0, 0.1) is 0 Å². The molecule has 0 aliphatic rings. The zero-order valence-electron chi connectivity index (χ0n) is 44.0. The second-order valence-corrected chi connectivity index (χ2v) is 20.3. The number of rotatable bonds is 55. The molecule has 0 aliphatic heterocycles. The quantitative estimate of drug-likeness (QED) is 0.0321. The van der Waals surface area contributed by atoms with Crippen LogP contribution in [-0.2, 0) is 14.3 Å². The van der Waals surface area contributed by atoms with Gasteiger partial charge in [-0.2, -0.15) is 0 Å². The Morgan fingerprint density at radius 2 is 0.708 bits per heavy atom. The topological polar surface area (TPSA) is 95.9 Å². The van der Waals surface area contributed by atoms with Gasteiger partial charge in [0.1, 0.15) is 0 Å². The fourth-order valence-corrected chi connectivity index (χ4v) is 9.28. The molecule has 0 radical (unpaired) electrons. The zero-order valence-corrected chi connectivity index (χ0v) is 44.0. The Kier molecular flexibility index (Phi) is 54.0. The van der Waals surface area contributed by atoms with Gasteiger partial charge in [0.05, 0.1) is 25.4 Å². The molecule has 0 saturated heterocycles. The summed E-state index contributed by atoms with van der Waals surface area (Å²) < 4.78 is 5.47. The molecule has 1 amide bonds. The molecule has 0 aromatic rings. The van der Waals surface area contributed by atoms with Gasteiger partial charge < -0.3 is 20.3 Å². The third kappa shape index (κ3) is 51.8. The average molecular weight is 919 g/mol. The number of esters is 1. The Labute approximate surface area is 406 Å². The number of aliphatic hydroxyl groups excluding tert-OH is 2. The van der Waals surface area contributed by atoms with E-state index < -0.39 is 12.1 Å². The highest BCUT2D eigenvalue weighted by atomic mass is 16.5. The van der Waals surface area contributed by atoms with Crippen molar-refractivity contribution in [2.24, 2.45) is 0 Å². The number of nitrogens with one attached hydrogen (secondary N) is 1. The summed E-state index contributed by atoms with van der Waals surface area (Å²) in [7, 11) is 0. The fraction of sp³-hybridized carbons (Fsp3) is 0.932. The van der Waals surface area contributed by atoms with Gasteiger partial charge in [0.15, 0.2) is 0 Å². The van der Waals surface area contributed by atoms with Gasteiger partial charge in [-0.25, -0.2) is 0 Å². The summed E-state index contributed by atoms with van der Waals surface area (Å²) in [4.78, 5) is 24.5. The molecule has 2 atom stereocenters. The third-order valence-electron chi connectivity index (χ3n) is 13.8. The summed E-state index contributed by atoms with van der Waals surface area (Å²) in [6.45, 7) is 4.92. The summed E-state index contributed by atoms with van der Waals surface area (Å²) in [5.41, 5.74) is 0. The van der Waals surface area contributed by atoms with Crippen molar-refractivity contribution < 1.29 is 24.5 Å². The lowest BCUT2D eigenvalue weighted by molar-refractivity contribution is -0.143. The Bertz CT molecular complexity index is 970. The number of hydrogen-bond acceptors (Lipinski definition) is 5. The lowest BCUT2D eigenvalue weighted by atomic mass is 10.0. The summed E-state index contributed by atoms with van der Waals surface area (Å²) >= 11 is 0. The Morgan fingerprint density at radius 1 is 0.415 bits per heavy atom. The molecule has 6 heteroatoms. The van der Waals surface area contributed by atoms with E-state index in [4.69, 9.17) is 4.74 Å². The van der Waals surface area contributed by atoms with Crippen LogP contribution in [0.2, 0.25) is 0 Å². The maximum Gasteiger partial charge on any atom is 0.305 e. The van der Waals surface area contributed by atoms with Crippen molar-refractivity contribution in [2.45, 2.75) is 341 Å². The van der Waals surface area contributed by atoms with E-state index in [1.807, 2.05) is 6.08 Å². The molecule has 0 heterocycles. The van der Waals surface area contributed by atoms with Gasteiger partial charge in [0, 0.05) is 12.8 Å². The number of carbonyl (C=O) groups is 2. The van der Waals surface area contributed by atoms with Crippen LogP contribution in [0.25, 0.3) is 0 Å². The van der Waals surface area contributed by atoms with E-state index in [0.29, 0.717) is 19.4 Å². The first-order valence-electron chi connectivity index (χ1n) is 29.5. The molecule has 0 fully saturated rings. The molecular weight excluding hydrogens is 803 g/mol. The molecule has 0 aliphatic carbocycles. The van der Waals surface area contributed by atoms with E-state index in [1.165, 1.54) is 263 Å². The molecule has 0 saturated carbocycles. The summed E-state index contributed by atoms with van der Waals surface area (Å²) in [6, 6.07) is -0.631. The fourth-order valence-electron chi connectivity index (χ4n) is 9.28. The van der Waals surface area contributed by atoms with Gasteiger partial charge in [-0.3, -0.25) is 9.59 Å². The molecule has 3 N–H and O–H groups in total. The lowest BCUT2D eigenvalue weighted by Gasteiger charge is -2.20. The minimum absolute atomic E-state index is 0.00661. The third-order valence-corrected chi connectivity index (χ3v) is 13.8. The molecule has 386 valence electrons. The molecular formula is C59H115NO5. The van der Waals surface area contributed by atoms with Crippen molar-refractivity contribution in [1.82, 2.24) is 5.32 Å². The van der Waals surface area contributed by atoms with Crippen molar-refractivity contribution in [3.05, 3.63) is 12.2 Å². The Hall–Kier alpha value is -1.40. The largest absolute Gasteiger partial charge is 0.466 e. The van der Waals surface area contributed by atoms with Crippen molar-refractivity contribution >= 4 is 11.9 Å². The van der Waals surface area contributed by atoms with Gasteiger partial charge in [0.2, 0.25) is 5.91 Å². The molecule has 6 nitrogen and oxygen atoms in total. The second kappa shape index (κ2) is 55.2. The molecule has 2 unspecified atom stereocenters. The first kappa shape index (κ1) is 63.6. The standard InChI is InChI=1S/C59H115NO5/c1-3-5-7-9-11-13-15-17-18-19-21-24-28-31-35-39-43-47-51-57(62)56(55-61)60-58(63)52-48-44-40-36-32-29-25-22-20-23-26-30-34-38-42-46-50-54-65-59(64)53-49-45-41-37-33-27-16-14-12-10-8-6-4-2/h47,51,56-57,61-62H,3-46,48-50,52-55H2,1-2H3,(H,60,63)/b51-47+. The lowest BCUT2D eigenvalue weighted by Crippen LogP contribution is -2.45. The Morgan fingerprint density at radius 3 is 1.05 bits per heavy atom. The predicted molar refractivity (Wildman–Crippen MR) is 283 cm³/mol. The zero-order chi connectivity index (χ0) is 47.2. The monoisotopic (exact) mass is 918 g/mol. The highest BCUT2D eigenvalue weighted by molar-refractivity contribution is 5.76. The second-order valence-electron chi connectivity index (χ2n) is 20.3. The maximum absolute atomic E-state index is 12.5. The smallest absolute Gasteiger partial charge is 0.305 e. The van der Waals surface area contributed by atoms with Gasteiger partial charge in [-0.1, -0.05) is 296 Å². The molecule has 0 aromatic heterocycles. The van der Waals surface area contributed by atoms with Crippen molar-refractivity contribution in [3.8, 4) is 0 Å². The SMILES string of the molecule is CCCCCCCCCCCCCCCCCC/C=C/C(O)C(CO)NC(=O)CCCCCCCCCCCCCCCCCCCOC(=O)CCCCCCCCCCCCCCC. The van der Waals surface area contributed by atoms with Crippen molar-refractivity contribution in [3.63, 3.8) is 0 Å². The number of aliphatic hydroxyl groups is 2. The summed E-state index contributed by atoms with van der Waals surface area (Å²) in [6.07, 6.45) is 65.2. The van der Waals surface area contributed by atoms with E-state index >= 15 is 0 Å². The van der Waals surface area contributed by atoms with Crippen molar-refractivity contribution in [1.29, 1.82) is 0 Å². The van der Waals surface area contributed by atoms with E-state index in [1.54, 1.807) is 6.08 Å². The number of allylic oxidation sites excluding steroid dienone is 1. The normalized spacial score (nSPS) is 12.6. The number of carbonyl (C=O) groups excluding carboxylic acids is 2. The summed E-state index contributed by atoms with van der Waals surface area (Å²) in [5, 5.41) is 23.2. The molecule has 0 bridgehead atoms. The molecule has 65 heavy (non-hydrogen) atoms. The first-order valence-corrected chi connectivity index (χ1v) is 29.5. The number of unbranched alkanes of at least 4 members (excludes halogenated alkanes) is 44. The van der Waals surface area contributed by atoms with Crippen LogP contribution in [0.1, 0.15) is 328 Å². The van der Waals surface area contributed by atoms with Gasteiger partial charge in [-0.15, -0.1) is 0 Å². The Balaban J connectivity index is 3.44.